The van der Waals surface area contributed by atoms with Crippen LogP contribution in [0, 0.1) is 25.7 Å². The number of aryl methyl sites for hydroxylation is 3. The Labute approximate surface area is 96.3 Å². The minimum atomic E-state index is -0.620. The van der Waals surface area contributed by atoms with E-state index in [2.05, 4.69) is 32.0 Å². The first-order chi connectivity index (χ1) is 7.58. The van der Waals surface area contributed by atoms with Crippen LogP contribution in [-0.4, -0.2) is 11.1 Å². The van der Waals surface area contributed by atoms with Gasteiger partial charge in [0.1, 0.15) is 0 Å². The third-order valence-electron chi connectivity index (χ3n) is 3.61. The monoisotopic (exact) mass is 218 g/mol. The van der Waals surface area contributed by atoms with Crippen LogP contribution in [0.1, 0.15) is 29.5 Å². The molecule has 0 spiro atoms. The van der Waals surface area contributed by atoms with Gasteiger partial charge in [-0.3, -0.25) is 4.79 Å². The minimum absolute atomic E-state index is 0.0634. The highest BCUT2D eigenvalue weighted by Crippen LogP contribution is 2.42. The summed E-state index contributed by atoms with van der Waals surface area (Å²) in [5.41, 5.74) is 3.97. The zero-order valence-corrected chi connectivity index (χ0v) is 9.86. The van der Waals surface area contributed by atoms with Crippen LogP contribution in [0.15, 0.2) is 18.2 Å². The highest BCUT2D eigenvalue weighted by molar-refractivity contribution is 5.73. The van der Waals surface area contributed by atoms with Crippen LogP contribution < -0.4 is 0 Å². The van der Waals surface area contributed by atoms with Gasteiger partial charge in [0.25, 0.3) is 0 Å². The van der Waals surface area contributed by atoms with Gasteiger partial charge in [-0.2, -0.15) is 0 Å². The number of carboxylic acid groups (broad SMARTS) is 1. The van der Waals surface area contributed by atoms with Crippen LogP contribution in [-0.2, 0) is 11.2 Å². The summed E-state index contributed by atoms with van der Waals surface area (Å²) in [6.45, 7) is 4.23. The average Bonchev–Trinajstić information content (AvgIpc) is 2.99. The quantitative estimate of drug-likeness (QED) is 0.843. The molecule has 1 aliphatic carbocycles. The Bertz CT molecular complexity index is 409. The fourth-order valence-corrected chi connectivity index (χ4v) is 2.18. The molecule has 0 bridgehead atoms. The normalized spacial score (nSPS) is 23.1. The molecule has 1 fully saturated rings. The molecule has 0 aromatic heterocycles. The third-order valence-corrected chi connectivity index (χ3v) is 3.61. The lowest BCUT2D eigenvalue weighted by Gasteiger charge is -2.04. The standard InChI is InChI=1S/C14H18O2/c1-9-3-4-11(7-10(9)2)5-6-12-8-13(12)14(15)16/h3-4,7,12-13H,5-6,8H2,1-2H3,(H,15,16). The van der Waals surface area contributed by atoms with Gasteiger partial charge in [-0.1, -0.05) is 18.2 Å². The molecular weight excluding hydrogens is 200 g/mol. The van der Waals surface area contributed by atoms with Gasteiger partial charge in [-0.25, -0.2) is 0 Å². The summed E-state index contributed by atoms with van der Waals surface area (Å²) in [5, 5.41) is 8.80. The van der Waals surface area contributed by atoms with Crippen LogP contribution in [0.5, 0.6) is 0 Å². The predicted octanol–water partition coefficient (Wildman–Crippen LogP) is 2.96. The highest BCUT2D eigenvalue weighted by atomic mass is 16.4. The number of carboxylic acids is 1. The van der Waals surface area contributed by atoms with E-state index in [4.69, 9.17) is 5.11 Å². The Balaban J connectivity index is 1.87. The second kappa shape index (κ2) is 4.28. The Morgan fingerprint density at radius 3 is 2.69 bits per heavy atom. The first kappa shape index (κ1) is 11.2. The number of rotatable bonds is 4. The molecule has 0 amide bonds. The summed E-state index contributed by atoms with van der Waals surface area (Å²) in [5.74, 6) is -0.268. The van der Waals surface area contributed by atoms with E-state index in [9.17, 15) is 4.79 Å². The largest absolute Gasteiger partial charge is 0.481 e. The lowest BCUT2D eigenvalue weighted by Crippen LogP contribution is -2.00. The van der Waals surface area contributed by atoms with Crippen molar-refractivity contribution in [2.45, 2.75) is 33.1 Å². The summed E-state index contributed by atoms with van der Waals surface area (Å²) in [6.07, 6.45) is 2.90. The Kier molecular flexibility index (Phi) is 2.99. The summed E-state index contributed by atoms with van der Waals surface area (Å²) in [4.78, 5) is 10.7. The van der Waals surface area contributed by atoms with Crippen LogP contribution in [0.3, 0.4) is 0 Å². The number of carbonyl (C=O) groups is 1. The maximum atomic E-state index is 10.7. The number of hydrogen-bond acceptors (Lipinski definition) is 1. The van der Waals surface area contributed by atoms with E-state index in [1.54, 1.807) is 0 Å². The highest BCUT2D eigenvalue weighted by Gasteiger charge is 2.42. The summed E-state index contributed by atoms with van der Waals surface area (Å²) < 4.78 is 0. The minimum Gasteiger partial charge on any atom is -0.481 e. The van der Waals surface area contributed by atoms with Gasteiger partial charge in [0, 0.05) is 0 Å². The molecule has 0 heterocycles. The molecule has 0 aliphatic heterocycles. The van der Waals surface area contributed by atoms with E-state index in [1.165, 1.54) is 16.7 Å². The third kappa shape index (κ3) is 2.43. The maximum Gasteiger partial charge on any atom is 0.306 e. The molecule has 1 aromatic rings. The van der Waals surface area contributed by atoms with Crippen molar-refractivity contribution in [1.29, 1.82) is 0 Å². The van der Waals surface area contributed by atoms with E-state index in [1.807, 2.05) is 0 Å². The lowest BCUT2D eigenvalue weighted by molar-refractivity contribution is -0.138. The molecule has 1 saturated carbocycles. The van der Waals surface area contributed by atoms with Gasteiger partial charge in [0.05, 0.1) is 5.92 Å². The van der Waals surface area contributed by atoms with Crippen molar-refractivity contribution in [2.24, 2.45) is 11.8 Å². The molecule has 1 aliphatic rings. The molecule has 1 N–H and O–H groups in total. The van der Waals surface area contributed by atoms with Crippen LogP contribution >= 0.6 is 0 Å². The number of hydrogen-bond donors (Lipinski definition) is 1. The van der Waals surface area contributed by atoms with Crippen molar-refractivity contribution in [1.82, 2.24) is 0 Å². The van der Waals surface area contributed by atoms with E-state index in [-0.39, 0.29) is 5.92 Å². The van der Waals surface area contributed by atoms with Crippen molar-refractivity contribution >= 4 is 5.97 Å². The summed E-state index contributed by atoms with van der Waals surface area (Å²) in [7, 11) is 0. The van der Waals surface area contributed by atoms with Gasteiger partial charge in [-0.05, 0) is 55.7 Å². The van der Waals surface area contributed by atoms with E-state index >= 15 is 0 Å². The van der Waals surface area contributed by atoms with Gasteiger partial charge in [-0.15, -0.1) is 0 Å². The Hall–Kier alpha value is -1.31. The van der Waals surface area contributed by atoms with E-state index in [0.29, 0.717) is 5.92 Å². The second-order valence-electron chi connectivity index (χ2n) is 4.90. The van der Waals surface area contributed by atoms with Crippen molar-refractivity contribution in [3.8, 4) is 0 Å². The van der Waals surface area contributed by atoms with Crippen LogP contribution in [0.4, 0.5) is 0 Å². The van der Waals surface area contributed by atoms with Gasteiger partial charge < -0.3 is 5.11 Å². The van der Waals surface area contributed by atoms with Gasteiger partial charge in [0.2, 0.25) is 0 Å². The van der Waals surface area contributed by atoms with Crippen molar-refractivity contribution in [3.63, 3.8) is 0 Å². The smallest absolute Gasteiger partial charge is 0.306 e. The SMILES string of the molecule is Cc1ccc(CCC2CC2C(=O)O)cc1C. The van der Waals surface area contributed by atoms with Gasteiger partial charge >= 0.3 is 5.97 Å². The molecule has 2 atom stereocenters. The second-order valence-corrected chi connectivity index (χ2v) is 4.90. The molecule has 86 valence electrons. The molecule has 0 radical (unpaired) electrons. The maximum absolute atomic E-state index is 10.7. The molecule has 2 rings (SSSR count). The first-order valence-electron chi connectivity index (χ1n) is 5.87. The van der Waals surface area contributed by atoms with Crippen molar-refractivity contribution in [3.05, 3.63) is 34.9 Å². The molecule has 2 nitrogen and oxygen atoms in total. The van der Waals surface area contributed by atoms with Gasteiger partial charge in [0.15, 0.2) is 0 Å². The van der Waals surface area contributed by atoms with Crippen LogP contribution in [0.2, 0.25) is 0 Å². The van der Waals surface area contributed by atoms with Crippen molar-refractivity contribution < 1.29 is 9.90 Å². The van der Waals surface area contributed by atoms with Crippen molar-refractivity contribution in [2.75, 3.05) is 0 Å². The lowest BCUT2D eigenvalue weighted by atomic mass is 10.0. The molecule has 2 unspecified atom stereocenters. The van der Waals surface area contributed by atoms with E-state index < -0.39 is 5.97 Å². The average molecular weight is 218 g/mol. The zero-order chi connectivity index (χ0) is 11.7. The Morgan fingerprint density at radius 2 is 2.12 bits per heavy atom. The molecule has 16 heavy (non-hydrogen) atoms. The van der Waals surface area contributed by atoms with E-state index in [0.717, 1.165) is 19.3 Å². The fourth-order valence-electron chi connectivity index (χ4n) is 2.18. The topological polar surface area (TPSA) is 37.3 Å². The zero-order valence-electron chi connectivity index (χ0n) is 9.86. The summed E-state index contributed by atoms with van der Waals surface area (Å²) >= 11 is 0. The fraction of sp³-hybridized carbons (Fsp3) is 0.500. The van der Waals surface area contributed by atoms with Crippen LogP contribution in [0.25, 0.3) is 0 Å². The number of benzene rings is 1. The summed E-state index contributed by atoms with van der Waals surface area (Å²) in [6, 6.07) is 6.51. The molecule has 0 saturated heterocycles. The predicted molar refractivity (Wildman–Crippen MR) is 63.5 cm³/mol. The molecular formula is C14H18O2. The Morgan fingerprint density at radius 1 is 1.38 bits per heavy atom. The number of aliphatic carboxylic acids is 1. The first-order valence-corrected chi connectivity index (χ1v) is 5.87. The molecule has 1 aromatic carbocycles. The molecule has 2 heteroatoms.